The van der Waals surface area contributed by atoms with Crippen molar-refractivity contribution >= 4 is 39.0 Å². The van der Waals surface area contributed by atoms with Crippen molar-refractivity contribution in [3.63, 3.8) is 0 Å². The molecule has 2 aromatic rings. The van der Waals surface area contributed by atoms with Crippen molar-refractivity contribution in [3.05, 3.63) is 63.6 Å². The van der Waals surface area contributed by atoms with E-state index in [1.54, 1.807) is 24.3 Å². The zero-order valence-corrected chi connectivity index (χ0v) is 17.6. The SMILES string of the molecule is CCNC(=NCc1ccc(Cl)cc1Cl)NCCc1ccc(S(C)(=O)=O)cc1. The number of rotatable bonds is 7. The Kier molecular flexibility index (Phi) is 7.95. The van der Waals surface area contributed by atoms with Crippen LogP contribution in [0.25, 0.3) is 0 Å². The summed E-state index contributed by atoms with van der Waals surface area (Å²) < 4.78 is 23.0. The molecule has 8 heteroatoms. The van der Waals surface area contributed by atoms with Gasteiger partial charge in [-0.15, -0.1) is 0 Å². The van der Waals surface area contributed by atoms with E-state index >= 15 is 0 Å². The molecule has 0 fully saturated rings. The molecule has 0 aliphatic rings. The maximum atomic E-state index is 11.5. The fourth-order valence-electron chi connectivity index (χ4n) is 2.38. The van der Waals surface area contributed by atoms with Gasteiger partial charge in [0.1, 0.15) is 0 Å². The zero-order chi connectivity index (χ0) is 19.9. The summed E-state index contributed by atoms with van der Waals surface area (Å²) in [6.07, 6.45) is 1.95. The number of nitrogens with zero attached hydrogens (tertiary/aromatic N) is 1. The first-order valence-corrected chi connectivity index (χ1v) is 11.2. The lowest BCUT2D eigenvalue weighted by molar-refractivity contribution is 0.602. The number of halogens is 2. The monoisotopic (exact) mass is 427 g/mol. The molecule has 0 spiro atoms. The van der Waals surface area contributed by atoms with Gasteiger partial charge in [0.25, 0.3) is 0 Å². The Hall–Kier alpha value is -1.76. The lowest BCUT2D eigenvalue weighted by Gasteiger charge is -2.12. The first kappa shape index (κ1) is 21.5. The highest BCUT2D eigenvalue weighted by Crippen LogP contribution is 2.21. The second-order valence-electron chi connectivity index (χ2n) is 6.02. The molecule has 0 unspecified atom stereocenters. The lowest BCUT2D eigenvalue weighted by Crippen LogP contribution is -2.38. The van der Waals surface area contributed by atoms with Gasteiger partial charge in [0, 0.05) is 29.4 Å². The summed E-state index contributed by atoms with van der Waals surface area (Å²) in [7, 11) is -3.16. The van der Waals surface area contributed by atoms with E-state index in [0.29, 0.717) is 34.0 Å². The van der Waals surface area contributed by atoms with E-state index in [0.717, 1.165) is 24.1 Å². The van der Waals surface area contributed by atoms with Crippen LogP contribution in [0.3, 0.4) is 0 Å². The molecule has 146 valence electrons. The summed E-state index contributed by atoms with van der Waals surface area (Å²) in [6.45, 7) is 3.84. The standard InChI is InChI=1S/C19H23Cl2N3O2S/c1-3-22-19(24-13-15-6-7-16(20)12-18(15)21)23-11-10-14-4-8-17(9-5-14)27(2,25)26/h4-9,12H,3,10-11,13H2,1-2H3,(H2,22,23,24). The van der Waals surface area contributed by atoms with Gasteiger partial charge in [0.2, 0.25) is 0 Å². The third-order valence-corrected chi connectivity index (χ3v) is 5.54. The second-order valence-corrected chi connectivity index (χ2v) is 8.88. The predicted octanol–water partition coefficient (Wildman–Crippen LogP) is 3.69. The van der Waals surface area contributed by atoms with Gasteiger partial charge < -0.3 is 10.6 Å². The fraction of sp³-hybridized carbons (Fsp3) is 0.316. The average Bonchev–Trinajstić information content (AvgIpc) is 2.60. The third-order valence-electron chi connectivity index (χ3n) is 3.82. The van der Waals surface area contributed by atoms with Gasteiger partial charge in [-0.3, -0.25) is 0 Å². The smallest absolute Gasteiger partial charge is 0.191 e. The van der Waals surface area contributed by atoms with Crippen molar-refractivity contribution < 1.29 is 8.42 Å². The van der Waals surface area contributed by atoms with E-state index in [1.165, 1.54) is 6.26 Å². The van der Waals surface area contributed by atoms with E-state index in [-0.39, 0.29) is 0 Å². The van der Waals surface area contributed by atoms with Gasteiger partial charge in [0.15, 0.2) is 15.8 Å². The molecule has 0 saturated heterocycles. The van der Waals surface area contributed by atoms with E-state index in [1.807, 2.05) is 25.1 Å². The Morgan fingerprint density at radius 2 is 1.78 bits per heavy atom. The Morgan fingerprint density at radius 3 is 2.37 bits per heavy atom. The Balaban J connectivity index is 1.93. The van der Waals surface area contributed by atoms with E-state index in [9.17, 15) is 8.42 Å². The number of aliphatic imine (C=N–C) groups is 1. The minimum Gasteiger partial charge on any atom is -0.357 e. The molecule has 0 saturated carbocycles. The van der Waals surface area contributed by atoms with Crippen LogP contribution in [-0.2, 0) is 22.8 Å². The maximum Gasteiger partial charge on any atom is 0.191 e. The largest absolute Gasteiger partial charge is 0.357 e. The molecule has 0 aliphatic carbocycles. The van der Waals surface area contributed by atoms with Crippen molar-refractivity contribution in [3.8, 4) is 0 Å². The molecule has 0 bridgehead atoms. The average molecular weight is 428 g/mol. The number of hydrogen-bond acceptors (Lipinski definition) is 3. The Morgan fingerprint density at radius 1 is 1.07 bits per heavy atom. The Bertz CT molecular complexity index is 898. The van der Waals surface area contributed by atoms with E-state index in [4.69, 9.17) is 23.2 Å². The van der Waals surface area contributed by atoms with Crippen molar-refractivity contribution in [2.45, 2.75) is 24.8 Å². The number of guanidine groups is 1. The quantitative estimate of drug-likeness (QED) is 0.521. The summed E-state index contributed by atoms with van der Waals surface area (Å²) in [5, 5.41) is 7.64. The highest BCUT2D eigenvalue weighted by Gasteiger charge is 2.06. The fourth-order valence-corrected chi connectivity index (χ4v) is 3.48. The molecule has 2 N–H and O–H groups in total. The van der Waals surface area contributed by atoms with Crippen LogP contribution in [0, 0.1) is 0 Å². The Labute approximate surface area is 170 Å². The highest BCUT2D eigenvalue weighted by atomic mass is 35.5. The van der Waals surface area contributed by atoms with Gasteiger partial charge in [-0.1, -0.05) is 41.4 Å². The van der Waals surface area contributed by atoms with Crippen LogP contribution in [0.1, 0.15) is 18.1 Å². The predicted molar refractivity (Wildman–Crippen MR) is 113 cm³/mol. The molecular weight excluding hydrogens is 405 g/mol. The zero-order valence-electron chi connectivity index (χ0n) is 15.3. The number of nitrogens with one attached hydrogen (secondary N) is 2. The number of sulfone groups is 1. The molecule has 0 radical (unpaired) electrons. The highest BCUT2D eigenvalue weighted by molar-refractivity contribution is 7.90. The van der Waals surface area contributed by atoms with E-state index in [2.05, 4.69) is 15.6 Å². The summed E-state index contributed by atoms with van der Waals surface area (Å²) in [6, 6.07) is 12.3. The van der Waals surface area contributed by atoms with Gasteiger partial charge in [0.05, 0.1) is 11.4 Å². The van der Waals surface area contributed by atoms with Gasteiger partial charge in [-0.25, -0.2) is 13.4 Å². The molecule has 0 amide bonds. The maximum absolute atomic E-state index is 11.5. The van der Waals surface area contributed by atoms with Crippen LogP contribution in [0.15, 0.2) is 52.4 Å². The third kappa shape index (κ3) is 7.05. The normalized spacial score (nSPS) is 12.1. The molecule has 0 heterocycles. The molecule has 2 rings (SSSR count). The number of hydrogen-bond donors (Lipinski definition) is 2. The van der Waals surface area contributed by atoms with Crippen LogP contribution >= 0.6 is 23.2 Å². The minimum absolute atomic E-state index is 0.328. The molecule has 2 aromatic carbocycles. The van der Waals surface area contributed by atoms with Gasteiger partial charge in [-0.05, 0) is 48.7 Å². The van der Waals surface area contributed by atoms with Crippen molar-refractivity contribution in [2.24, 2.45) is 4.99 Å². The summed E-state index contributed by atoms with van der Waals surface area (Å²) in [4.78, 5) is 4.87. The first-order valence-electron chi connectivity index (χ1n) is 8.54. The minimum atomic E-state index is -3.16. The molecule has 27 heavy (non-hydrogen) atoms. The molecule has 0 atom stereocenters. The van der Waals surface area contributed by atoms with Gasteiger partial charge in [-0.2, -0.15) is 0 Å². The molecule has 0 aliphatic heterocycles. The van der Waals surface area contributed by atoms with Gasteiger partial charge >= 0.3 is 0 Å². The molecule has 0 aromatic heterocycles. The lowest BCUT2D eigenvalue weighted by atomic mass is 10.1. The second kappa shape index (κ2) is 9.97. The van der Waals surface area contributed by atoms with Crippen LogP contribution in [0.2, 0.25) is 10.0 Å². The molecule has 5 nitrogen and oxygen atoms in total. The van der Waals surface area contributed by atoms with Crippen molar-refractivity contribution in [2.75, 3.05) is 19.3 Å². The van der Waals surface area contributed by atoms with Crippen LogP contribution in [0.5, 0.6) is 0 Å². The van der Waals surface area contributed by atoms with Crippen LogP contribution in [-0.4, -0.2) is 33.7 Å². The summed E-state index contributed by atoms with van der Waals surface area (Å²) in [5.74, 6) is 0.691. The summed E-state index contributed by atoms with van der Waals surface area (Å²) in [5.41, 5.74) is 1.95. The molecular formula is C19H23Cl2N3O2S. The topological polar surface area (TPSA) is 70.6 Å². The number of benzene rings is 2. The van der Waals surface area contributed by atoms with Crippen molar-refractivity contribution in [1.29, 1.82) is 0 Å². The van der Waals surface area contributed by atoms with Crippen LogP contribution in [0.4, 0.5) is 0 Å². The van der Waals surface area contributed by atoms with E-state index < -0.39 is 9.84 Å². The first-order chi connectivity index (χ1) is 12.8. The van der Waals surface area contributed by atoms with Crippen molar-refractivity contribution in [1.82, 2.24) is 10.6 Å². The summed E-state index contributed by atoms with van der Waals surface area (Å²) >= 11 is 12.1. The van der Waals surface area contributed by atoms with Crippen LogP contribution < -0.4 is 10.6 Å².